The maximum absolute atomic E-state index is 12.5. The van der Waals surface area contributed by atoms with E-state index in [1.807, 2.05) is 32.0 Å². The van der Waals surface area contributed by atoms with Gasteiger partial charge in [-0.15, -0.1) is 24.0 Å². The number of rotatable bonds is 7. The molecular formula is C17H30IN7O2. The molecule has 2 N–H and O–H groups in total. The van der Waals surface area contributed by atoms with Gasteiger partial charge in [0.15, 0.2) is 5.96 Å². The Bertz CT molecular complexity index is 647. The number of aliphatic imine (C=N–C) groups is 1. The molecule has 0 atom stereocenters. The highest BCUT2D eigenvalue weighted by Gasteiger charge is 2.27. The average molecular weight is 491 g/mol. The fourth-order valence-corrected chi connectivity index (χ4v) is 2.72. The van der Waals surface area contributed by atoms with Crippen molar-refractivity contribution in [2.45, 2.75) is 26.7 Å². The third-order valence-corrected chi connectivity index (χ3v) is 4.03. The van der Waals surface area contributed by atoms with Gasteiger partial charge in [0, 0.05) is 45.8 Å². The quantitative estimate of drug-likeness (QED) is 0.331. The molecule has 0 radical (unpaired) electrons. The van der Waals surface area contributed by atoms with Gasteiger partial charge in [-0.25, -0.2) is 0 Å². The summed E-state index contributed by atoms with van der Waals surface area (Å²) in [6, 6.07) is 0. The molecule has 2 amide bonds. The van der Waals surface area contributed by atoms with E-state index in [-0.39, 0.29) is 42.3 Å². The van der Waals surface area contributed by atoms with Crippen LogP contribution in [0.1, 0.15) is 26.7 Å². The third-order valence-electron chi connectivity index (χ3n) is 4.03. The zero-order valence-corrected chi connectivity index (χ0v) is 18.6. The standard InChI is InChI=1S/C17H29N7O2.HI/c1-4-7-19-15(25)6-8-20-17(18-5-2)23-9-10-24(16(26)13-23)14-11-21-22(3)12-14;/h11-12H,4-10,13H2,1-3H3,(H,18,20)(H,19,25);1H. The van der Waals surface area contributed by atoms with Gasteiger partial charge in [0.25, 0.3) is 0 Å². The number of halogens is 1. The molecule has 9 nitrogen and oxygen atoms in total. The van der Waals surface area contributed by atoms with Gasteiger partial charge < -0.3 is 20.4 Å². The Morgan fingerprint density at radius 2 is 2.07 bits per heavy atom. The first-order valence-electron chi connectivity index (χ1n) is 9.14. The van der Waals surface area contributed by atoms with Gasteiger partial charge in [-0.2, -0.15) is 5.10 Å². The van der Waals surface area contributed by atoms with E-state index in [1.165, 1.54) is 0 Å². The largest absolute Gasteiger partial charge is 0.357 e. The van der Waals surface area contributed by atoms with Crippen LogP contribution in [0.25, 0.3) is 0 Å². The van der Waals surface area contributed by atoms with Gasteiger partial charge in [0.1, 0.15) is 6.54 Å². The molecule has 27 heavy (non-hydrogen) atoms. The number of aromatic nitrogens is 2. The summed E-state index contributed by atoms with van der Waals surface area (Å²) >= 11 is 0. The van der Waals surface area contributed by atoms with Gasteiger partial charge in [0.05, 0.1) is 18.4 Å². The zero-order valence-electron chi connectivity index (χ0n) is 16.3. The van der Waals surface area contributed by atoms with Crippen LogP contribution in [0.4, 0.5) is 5.69 Å². The lowest BCUT2D eigenvalue weighted by molar-refractivity contribution is -0.121. The Labute approximate surface area is 177 Å². The minimum Gasteiger partial charge on any atom is -0.357 e. The van der Waals surface area contributed by atoms with Crippen molar-refractivity contribution >= 4 is 47.4 Å². The van der Waals surface area contributed by atoms with Crippen LogP contribution < -0.4 is 15.5 Å². The van der Waals surface area contributed by atoms with Gasteiger partial charge in [-0.3, -0.25) is 19.3 Å². The van der Waals surface area contributed by atoms with E-state index < -0.39 is 0 Å². The summed E-state index contributed by atoms with van der Waals surface area (Å²) in [6.45, 7) is 7.30. The number of guanidine groups is 1. The first-order chi connectivity index (χ1) is 12.5. The molecule has 0 saturated carbocycles. The van der Waals surface area contributed by atoms with Crippen molar-refractivity contribution in [1.82, 2.24) is 25.3 Å². The molecule has 1 aliphatic heterocycles. The lowest BCUT2D eigenvalue weighted by atomic mass is 10.3. The zero-order chi connectivity index (χ0) is 18.9. The van der Waals surface area contributed by atoms with Crippen molar-refractivity contribution in [1.29, 1.82) is 0 Å². The topological polar surface area (TPSA) is 94.9 Å². The Morgan fingerprint density at radius 1 is 1.30 bits per heavy atom. The van der Waals surface area contributed by atoms with E-state index in [1.54, 1.807) is 15.8 Å². The van der Waals surface area contributed by atoms with E-state index in [9.17, 15) is 9.59 Å². The number of nitrogens with zero attached hydrogens (tertiary/aromatic N) is 5. The Balaban J connectivity index is 0.00000364. The molecular weight excluding hydrogens is 461 g/mol. The SMILES string of the molecule is CCCNC(=O)CCN=C(NCC)N1CCN(c2cnn(C)c2)C(=O)C1.I. The van der Waals surface area contributed by atoms with Gasteiger partial charge in [0.2, 0.25) is 11.8 Å². The molecule has 2 rings (SSSR count). The summed E-state index contributed by atoms with van der Waals surface area (Å²) in [5, 5.41) is 10.2. The van der Waals surface area contributed by atoms with Crippen LogP contribution in [0.5, 0.6) is 0 Å². The molecule has 10 heteroatoms. The molecule has 1 aromatic rings. The summed E-state index contributed by atoms with van der Waals surface area (Å²) in [4.78, 5) is 32.4. The number of carbonyl (C=O) groups is 2. The average Bonchev–Trinajstić information content (AvgIpc) is 3.05. The maximum Gasteiger partial charge on any atom is 0.246 e. The highest BCUT2D eigenvalue weighted by atomic mass is 127. The number of amides is 2. The fraction of sp³-hybridized carbons (Fsp3) is 0.647. The minimum atomic E-state index is 0. The monoisotopic (exact) mass is 491 g/mol. The number of carbonyl (C=O) groups excluding carboxylic acids is 2. The van der Waals surface area contributed by atoms with Crippen LogP contribution >= 0.6 is 24.0 Å². The van der Waals surface area contributed by atoms with E-state index >= 15 is 0 Å². The van der Waals surface area contributed by atoms with Crippen molar-refractivity contribution in [3.8, 4) is 0 Å². The number of piperazine rings is 1. The van der Waals surface area contributed by atoms with Crippen LogP contribution in [0.2, 0.25) is 0 Å². The van der Waals surface area contributed by atoms with Crippen LogP contribution in [0.15, 0.2) is 17.4 Å². The van der Waals surface area contributed by atoms with Crippen LogP contribution in [0.3, 0.4) is 0 Å². The Hall–Kier alpha value is -1.85. The molecule has 1 fully saturated rings. The van der Waals surface area contributed by atoms with Crippen molar-refractivity contribution in [3.05, 3.63) is 12.4 Å². The number of aryl methyl sites for hydroxylation is 1. The van der Waals surface area contributed by atoms with E-state index in [0.717, 1.165) is 12.1 Å². The second-order valence-electron chi connectivity index (χ2n) is 6.17. The summed E-state index contributed by atoms with van der Waals surface area (Å²) < 4.78 is 1.68. The molecule has 1 aliphatic rings. The first kappa shape index (κ1) is 23.2. The molecule has 152 valence electrons. The summed E-state index contributed by atoms with van der Waals surface area (Å²) in [5.74, 6) is 0.689. The van der Waals surface area contributed by atoms with Crippen LogP contribution in [-0.4, -0.2) is 71.7 Å². The minimum absolute atomic E-state index is 0. The molecule has 0 spiro atoms. The molecule has 1 aromatic heterocycles. The van der Waals surface area contributed by atoms with Crippen LogP contribution in [-0.2, 0) is 16.6 Å². The molecule has 2 heterocycles. The Morgan fingerprint density at radius 3 is 2.67 bits per heavy atom. The molecule has 0 bridgehead atoms. The van der Waals surface area contributed by atoms with Crippen molar-refractivity contribution < 1.29 is 9.59 Å². The van der Waals surface area contributed by atoms with Crippen LogP contribution in [0, 0.1) is 0 Å². The maximum atomic E-state index is 12.5. The second-order valence-corrected chi connectivity index (χ2v) is 6.17. The van der Waals surface area contributed by atoms with Gasteiger partial charge in [-0.05, 0) is 13.3 Å². The third kappa shape index (κ3) is 7.00. The van der Waals surface area contributed by atoms with E-state index in [2.05, 4.69) is 20.7 Å². The van der Waals surface area contributed by atoms with Gasteiger partial charge >= 0.3 is 0 Å². The second kappa shape index (κ2) is 11.8. The first-order valence-corrected chi connectivity index (χ1v) is 9.14. The number of hydrogen-bond donors (Lipinski definition) is 2. The van der Waals surface area contributed by atoms with Crippen molar-refractivity contribution in [2.75, 3.05) is 44.2 Å². The lowest BCUT2D eigenvalue weighted by Crippen LogP contribution is -2.55. The van der Waals surface area contributed by atoms with E-state index in [0.29, 0.717) is 45.1 Å². The highest BCUT2D eigenvalue weighted by molar-refractivity contribution is 14.0. The van der Waals surface area contributed by atoms with Gasteiger partial charge in [-0.1, -0.05) is 6.92 Å². The molecule has 0 aromatic carbocycles. The summed E-state index contributed by atoms with van der Waals surface area (Å²) in [5.41, 5.74) is 0.812. The fourth-order valence-electron chi connectivity index (χ4n) is 2.72. The smallest absolute Gasteiger partial charge is 0.246 e. The summed E-state index contributed by atoms with van der Waals surface area (Å²) in [7, 11) is 1.83. The predicted octanol–water partition coefficient (Wildman–Crippen LogP) is 0.569. The van der Waals surface area contributed by atoms with Crippen molar-refractivity contribution in [3.63, 3.8) is 0 Å². The Kier molecular flexibility index (Phi) is 10.1. The molecule has 0 aliphatic carbocycles. The predicted molar refractivity (Wildman–Crippen MR) is 116 cm³/mol. The normalized spacial score (nSPS) is 14.8. The van der Waals surface area contributed by atoms with E-state index in [4.69, 9.17) is 0 Å². The lowest BCUT2D eigenvalue weighted by Gasteiger charge is -2.35. The molecule has 1 saturated heterocycles. The van der Waals surface area contributed by atoms with Crippen molar-refractivity contribution in [2.24, 2.45) is 12.0 Å². The number of hydrogen-bond acceptors (Lipinski definition) is 4. The number of anilines is 1. The number of nitrogens with one attached hydrogen (secondary N) is 2. The highest BCUT2D eigenvalue weighted by Crippen LogP contribution is 2.16. The molecule has 0 unspecified atom stereocenters. The summed E-state index contributed by atoms with van der Waals surface area (Å²) in [6.07, 6.45) is 4.79.